The minimum Gasteiger partial charge on any atom is -0.450 e. The summed E-state index contributed by atoms with van der Waals surface area (Å²) >= 11 is 0. The monoisotopic (exact) mass is 493 g/mol. The normalized spacial score (nSPS) is 14.5. The molecule has 36 heavy (non-hydrogen) atoms. The van der Waals surface area contributed by atoms with Gasteiger partial charge < -0.3 is 9.47 Å². The molecule has 0 saturated heterocycles. The lowest BCUT2D eigenvalue weighted by atomic mass is 10.1. The second kappa shape index (κ2) is 9.46. The lowest BCUT2D eigenvalue weighted by Gasteiger charge is -2.19. The maximum atomic E-state index is 12.2. The molecular formula is C22H15N5O9. The highest BCUT2D eigenvalue weighted by molar-refractivity contribution is 5.96. The van der Waals surface area contributed by atoms with Crippen molar-refractivity contribution < 1.29 is 29.0 Å². The molecule has 1 atom stereocenters. The third-order valence-electron chi connectivity index (χ3n) is 5.01. The molecule has 1 aliphatic heterocycles. The quantitative estimate of drug-likeness (QED) is 0.339. The zero-order valence-corrected chi connectivity index (χ0v) is 18.3. The number of carbonyl (C=O) groups is 1. The lowest BCUT2D eigenvalue weighted by molar-refractivity contribution is -0.394. The fourth-order valence-corrected chi connectivity index (χ4v) is 3.33. The molecule has 3 aromatic carbocycles. The standard InChI is InChI=1S/C22H15N5O9/c1-13(28)24-22(36-21(23-24)15-3-2-4-16(11-15)25(29)30)14-5-8-18(9-6-14)35-20-10-7-17(26(31)32)12-19(20)27(33)34/h2-12,22H,1H3. The topological polar surface area (TPSA) is 181 Å². The van der Waals surface area contributed by atoms with Crippen LogP contribution in [0.2, 0.25) is 0 Å². The van der Waals surface area contributed by atoms with Crippen LogP contribution < -0.4 is 4.74 Å². The van der Waals surface area contributed by atoms with Crippen LogP contribution in [0.5, 0.6) is 11.5 Å². The SMILES string of the molecule is CC(=O)N1N=C(c2cccc([N+](=O)[O-])c2)OC1c1ccc(Oc2ccc([N+](=O)[O-])cc2[N+](=O)[O-])cc1. The summed E-state index contributed by atoms with van der Waals surface area (Å²) in [5.41, 5.74) is -0.418. The van der Waals surface area contributed by atoms with Gasteiger partial charge in [-0.25, -0.2) is 0 Å². The van der Waals surface area contributed by atoms with Crippen molar-refractivity contribution in [1.82, 2.24) is 5.01 Å². The third-order valence-corrected chi connectivity index (χ3v) is 5.01. The van der Waals surface area contributed by atoms with E-state index in [1.54, 1.807) is 18.2 Å². The van der Waals surface area contributed by atoms with E-state index in [9.17, 15) is 35.1 Å². The number of hydrogen-bond donors (Lipinski definition) is 0. The Morgan fingerprint density at radius 3 is 2.19 bits per heavy atom. The molecule has 4 rings (SSSR count). The summed E-state index contributed by atoms with van der Waals surface area (Å²) in [5, 5.41) is 38.5. The first-order valence-electron chi connectivity index (χ1n) is 10.1. The minimum atomic E-state index is -0.973. The van der Waals surface area contributed by atoms with Crippen molar-refractivity contribution in [3.63, 3.8) is 0 Å². The van der Waals surface area contributed by atoms with Crippen LogP contribution in [-0.4, -0.2) is 31.6 Å². The van der Waals surface area contributed by atoms with Gasteiger partial charge in [0.25, 0.3) is 11.4 Å². The molecule has 14 heteroatoms. The second-order valence-electron chi connectivity index (χ2n) is 7.38. The average Bonchev–Trinajstić information content (AvgIpc) is 3.30. The molecule has 14 nitrogen and oxygen atoms in total. The Labute approximate surface area is 201 Å². The molecule has 0 N–H and O–H groups in total. The molecule has 0 fully saturated rings. The summed E-state index contributed by atoms with van der Waals surface area (Å²) in [5.74, 6) is -0.442. The summed E-state index contributed by atoms with van der Waals surface area (Å²) in [4.78, 5) is 43.4. The Hall–Kier alpha value is -5.40. The van der Waals surface area contributed by atoms with Crippen LogP contribution in [0.15, 0.2) is 71.8 Å². The number of nitrogens with zero attached hydrogens (tertiary/aromatic N) is 5. The van der Waals surface area contributed by atoms with Crippen LogP contribution in [0.1, 0.15) is 24.3 Å². The number of carbonyl (C=O) groups excluding carboxylic acids is 1. The molecule has 0 bridgehead atoms. The number of amides is 1. The van der Waals surface area contributed by atoms with Crippen LogP contribution in [0, 0.1) is 30.3 Å². The number of nitro groups is 3. The molecule has 1 amide bonds. The second-order valence-corrected chi connectivity index (χ2v) is 7.38. The summed E-state index contributed by atoms with van der Waals surface area (Å²) < 4.78 is 11.4. The van der Waals surface area contributed by atoms with E-state index in [0.717, 1.165) is 23.2 Å². The van der Waals surface area contributed by atoms with Crippen LogP contribution in [-0.2, 0) is 9.53 Å². The first kappa shape index (κ1) is 23.7. The Kier molecular flexibility index (Phi) is 6.24. The van der Waals surface area contributed by atoms with Gasteiger partial charge in [0.05, 0.1) is 20.8 Å². The number of benzene rings is 3. The highest BCUT2D eigenvalue weighted by atomic mass is 16.6. The van der Waals surface area contributed by atoms with Crippen molar-refractivity contribution >= 4 is 28.9 Å². The number of nitro benzene ring substituents is 3. The van der Waals surface area contributed by atoms with Crippen LogP contribution >= 0.6 is 0 Å². The van der Waals surface area contributed by atoms with E-state index in [2.05, 4.69) is 5.10 Å². The number of ether oxygens (including phenoxy) is 2. The van der Waals surface area contributed by atoms with Crippen molar-refractivity contribution in [1.29, 1.82) is 0 Å². The fraction of sp³-hybridized carbons (Fsp3) is 0.0909. The van der Waals surface area contributed by atoms with Crippen molar-refractivity contribution in [3.05, 3.63) is 108 Å². The van der Waals surface area contributed by atoms with Gasteiger partial charge in [-0.05, 0) is 36.4 Å². The molecule has 3 aromatic rings. The Balaban J connectivity index is 1.57. The van der Waals surface area contributed by atoms with Crippen molar-refractivity contribution in [2.45, 2.75) is 13.2 Å². The van der Waals surface area contributed by atoms with Crippen molar-refractivity contribution in [2.24, 2.45) is 5.10 Å². The molecule has 1 aliphatic rings. The Bertz CT molecular complexity index is 1420. The Morgan fingerprint density at radius 2 is 1.58 bits per heavy atom. The van der Waals surface area contributed by atoms with Gasteiger partial charge >= 0.3 is 5.69 Å². The van der Waals surface area contributed by atoms with Crippen molar-refractivity contribution in [3.8, 4) is 11.5 Å². The first-order chi connectivity index (χ1) is 17.1. The molecule has 0 aliphatic carbocycles. The smallest absolute Gasteiger partial charge is 0.318 e. The predicted molar refractivity (Wildman–Crippen MR) is 122 cm³/mol. The maximum absolute atomic E-state index is 12.2. The third kappa shape index (κ3) is 4.77. The predicted octanol–water partition coefficient (Wildman–Crippen LogP) is 4.44. The van der Waals surface area contributed by atoms with Gasteiger partial charge in [-0.2, -0.15) is 5.01 Å². The van der Waals surface area contributed by atoms with Gasteiger partial charge in [0.15, 0.2) is 0 Å². The Morgan fingerprint density at radius 1 is 0.917 bits per heavy atom. The molecule has 182 valence electrons. The number of rotatable bonds is 7. The van der Waals surface area contributed by atoms with E-state index in [1.165, 1.54) is 37.3 Å². The number of non-ortho nitro benzene ring substituents is 2. The lowest BCUT2D eigenvalue weighted by Crippen LogP contribution is -2.25. The van der Waals surface area contributed by atoms with E-state index >= 15 is 0 Å². The van der Waals surface area contributed by atoms with Gasteiger partial charge in [-0.3, -0.25) is 35.1 Å². The molecular weight excluding hydrogens is 478 g/mol. The summed E-state index contributed by atoms with van der Waals surface area (Å²) in [7, 11) is 0. The maximum Gasteiger partial charge on any atom is 0.318 e. The zero-order valence-electron chi connectivity index (χ0n) is 18.3. The van der Waals surface area contributed by atoms with E-state index < -0.39 is 38.3 Å². The van der Waals surface area contributed by atoms with Gasteiger partial charge in [-0.1, -0.05) is 6.07 Å². The summed E-state index contributed by atoms with van der Waals surface area (Å²) in [6.45, 7) is 1.28. The van der Waals surface area contributed by atoms with Gasteiger partial charge in [0.2, 0.25) is 23.8 Å². The number of hydrazone groups is 1. The van der Waals surface area contributed by atoms with Gasteiger partial charge in [0, 0.05) is 36.2 Å². The average molecular weight is 493 g/mol. The molecule has 1 heterocycles. The number of hydrogen-bond acceptors (Lipinski definition) is 10. The van der Waals surface area contributed by atoms with Gasteiger partial charge in [0.1, 0.15) is 5.75 Å². The molecule has 0 radical (unpaired) electrons. The van der Waals surface area contributed by atoms with E-state index in [4.69, 9.17) is 9.47 Å². The highest BCUT2D eigenvalue weighted by Crippen LogP contribution is 2.36. The summed E-state index contributed by atoms with van der Waals surface area (Å²) in [6.07, 6.45) is -0.973. The summed E-state index contributed by atoms with van der Waals surface area (Å²) in [6, 6.07) is 14.6. The minimum absolute atomic E-state index is 0.0146. The molecule has 1 unspecified atom stereocenters. The highest BCUT2D eigenvalue weighted by Gasteiger charge is 2.33. The fourth-order valence-electron chi connectivity index (χ4n) is 3.33. The van der Waals surface area contributed by atoms with Crippen LogP contribution in [0.3, 0.4) is 0 Å². The molecule has 0 saturated carbocycles. The molecule has 0 aromatic heterocycles. The van der Waals surface area contributed by atoms with Gasteiger partial charge in [-0.15, -0.1) is 5.10 Å². The molecule has 0 spiro atoms. The van der Waals surface area contributed by atoms with E-state index in [-0.39, 0.29) is 23.1 Å². The largest absolute Gasteiger partial charge is 0.450 e. The van der Waals surface area contributed by atoms with E-state index in [0.29, 0.717) is 11.1 Å². The first-order valence-corrected chi connectivity index (χ1v) is 10.1. The van der Waals surface area contributed by atoms with Crippen LogP contribution in [0.4, 0.5) is 17.1 Å². The zero-order chi connectivity index (χ0) is 26.0. The van der Waals surface area contributed by atoms with Crippen molar-refractivity contribution in [2.75, 3.05) is 0 Å². The van der Waals surface area contributed by atoms with E-state index in [1.807, 2.05) is 0 Å². The van der Waals surface area contributed by atoms with Crippen LogP contribution in [0.25, 0.3) is 0 Å².